The molecule has 0 heterocycles. The Morgan fingerprint density at radius 1 is 1.29 bits per heavy atom. The lowest BCUT2D eigenvalue weighted by Crippen LogP contribution is -2.33. The molecule has 3 nitrogen and oxygen atoms in total. The van der Waals surface area contributed by atoms with Gasteiger partial charge in [0.25, 0.3) is 0 Å². The van der Waals surface area contributed by atoms with Crippen LogP contribution in [0.3, 0.4) is 0 Å². The van der Waals surface area contributed by atoms with Gasteiger partial charge in [-0.3, -0.25) is 0 Å². The number of sulfonamides is 1. The van der Waals surface area contributed by atoms with Gasteiger partial charge in [-0.05, 0) is 49.1 Å². The monoisotopic (exact) mass is 347 g/mol. The Bertz CT molecular complexity index is 545. The van der Waals surface area contributed by atoms with Gasteiger partial charge in [-0.25, -0.2) is 13.1 Å². The largest absolute Gasteiger partial charge is 0.240 e. The van der Waals surface area contributed by atoms with Crippen LogP contribution in [0.5, 0.6) is 0 Å². The third-order valence-corrected chi connectivity index (χ3v) is 6.68. The summed E-state index contributed by atoms with van der Waals surface area (Å²) < 4.78 is 27.6. The van der Waals surface area contributed by atoms with Gasteiger partial charge >= 0.3 is 0 Å². The fourth-order valence-corrected chi connectivity index (χ4v) is 5.31. The standard InChI is InChI=1S/C15H22ClNO2S2/c1-2-20-14-6-5-13(11-14)17-21(18,19)15-7-3-12(4-8-15)9-10-16/h3-4,7-8,13-14,17H,2,5-6,9-11H2,1H3. The van der Waals surface area contributed by atoms with E-state index in [2.05, 4.69) is 11.6 Å². The summed E-state index contributed by atoms with van der Waals surface area (Å²) in [7, 11) is -3.41. The summed E-state index contributed by atoms with van der Waals surface area (Å²) >= 11 is 7.61. The number of hydrogen-bond donors (Lipinski definition) is 1. The molecular weight excluding hydrogens is 326 g/mol. The fourth-order valence-electron chi connectivity index (χ4n) is 2.67. The Labute approximate surface area is 136 Å². The first-order valence-corrected chi connectivity index (χ1v) is 10.4. The van der Waals surface area contributed by atoms with E-state index in [0.717, 1.165) is 37.0 Å². The molecule has 0 amide bonds. The van der Waals surface area contributed by atoms with Crippen LogP contribution in [0.1, 0.15) is 31.7 Å². The van der Waals surface area contributed by atoms with Crippen molar-refractivity contribution in [2.24, 2.45) is 0 Å². The number of rotatable bonds is 7. The highest BCUT2D eigenvalue weighted by atomic mass is 35.5. The predicted octanol–water partition coefficient (Wildman–Crippen LogP) is 3.42. The average Bonchev–Trinajstić information content (AvgIpc) is 2.87. The number of alkyl halides is 1. The molecule has 1 aliphatic rings. The molecule has 21 heavy (non-hydrogen) atoms. The van der Waals surface area contributed by atoms with Gasteiger partial charge in [-0.2, -0.15) is 11.8 Å². The maximum Gasteiger partial charge on any atom is 0.240 e. The summed E-state index contributed by atoms with van der Waals surface area (Å²) in [5.74, 6) is 1.63. The molecule has 2 rings (SSSR count). The van der Waals surface area contributed by atoms with Crippen LogP contribution < -0.4 is 4.72 Å². The second-order valence-corrected chi connectivity index (χ2v) is 8.96. The lowest BCUT2D eigenvalue weighted by molar-refractivity contribution is 0.552. The summed E-state index contributed by atoms with van der Waals surface area (Å²) in [5.41, 5.74) is 1.06. The summed E-state index contributed by atoms with van der Waals surface area (Å²) in [6.45, 7) is 2.14. The van der Waals surface area contributed by atoms with Crippen molar-refractivity contribution in [3.05, 3.63) is 29.8 Å². The van der Waals surface area contributed by atoms with E-state index in [1.54, 1.807) is 12.1 Å². The maximum atomic E-state index is 12.4. The quantitative estimate of drug-likeness (QED) is 0.769. The number of aryl methyl sites for hydroxylation is 1. The van der Waals surface area contributed by atoms with Crippen molar-refractivity contribution >= 4 is 33.4 Å². The maximum absolute atomic E-state index is 12.4. The number of benzene rings is 1. The average molecular weight is 348 g/mol. The van der Waals surface area contributed by atoms with Crippen molar-refractivity contribution in [1.82, 2.24) is 4.72 Å². The molecular formula is C15H22ClNO2S2. The number of thioether (sulfide) groups is 1. The lowest BCUT2D eigenvalue weighted by Gasteiger charge is -2.14. The zero-order valence-electron chi connectivity index (χ0n) is 12.2. The Hall–Kier alpha value is -0.230. The summed E-state index contributed by atoms with van der Waals surface area (Å²) in [6, 6.07) is 7.07. The second kappa shape index (κ2) is 7.86. The Kier molecular flexibility index (Phi) is 6.41. The van der Waals surface area contributed by atoms with Crippen molar-refractivity contribution in [3.63, 3.8) is 0 Å². The highest BCUT2D eigenvalue weighted by Crippen LogP contribution is 2.30. The summed E-state index contributed by atoms with van der Waals surface area (Å²) in [5, 5.41) is 0.591. The first-order valence-electron chi connectivity index (χ1n) is 7.34. The van der Waals surface area contributed by atoms with Crippen LogP contribution in [-0.4, -0.2) is 31.3 Å². The van der Waals surface area contributed by atoms with Crippen molar-refractivity contribution < 1.29 is 8.42 Å². The third kappa shape index (κ3) is 4.88. The van der Waals surface area contributed by atoms with Gasteiger partial charge in [0.2, 0.25) is 10.0 Å². The molecule has 0 aromatic heterocycles. The van der Waals surface area contributed by atoms with Gasteiger partial charge in [-0.1, -0.05) is 19.1 Å². The topological polar surface area (TPSA) is 46.2 Å². The normalized spacial score (nSPS) is 22.6. The molecule has 2 atom stereocenters. The van der Waals surface area contributed by atoms with Crippen molar-refractivity contribution in [2.75, 3.05) is 11.6 Å². The van der Waals surface area contributed by atoms with Crippen LogP contribution in [0.25, 0.3) is 0 Å². The van der Waals surface area contributed by atoms with Crippen LogP contribution in [-0.2, 0) is 16.4 Å². The van der Waals surface area contributed by atoms with E-state index in [4.69, 9.17) is 11.6 Å². The van der Waals surface area contributed by atoms with Crippen LogP contribution >= 0.6 is 23.4 Å². The van der Waals surface area contributed by atoms with Crippen LogP contribution in [0.4, 0.5) is 0 Å². The minimum atomic E-state index is -3.41. The van der Waals surface area contributed by atoms with E-state index in [1.165, 1.54) is 0 Å². The Morgan fingerprint density at radius 2 is 2.00 bits per heavy atom. The van der Waals surface area contributed by atoms with Gasteiger partial charge in [0.15, 0.2) is 0 Å². The highest BCUT2D eigenvalue weighted by molar-refractivity contribution is 7.99. The molecule has 1 aliphatic carbocycles. The molecule has 2 unspecified atom stereocenters. The summed E-state index contributed by atoms with van der Waals surface area (Å²) in [6.07, 6.45) is 3.72. The van der Waals surface area contributed by atoms with Gasteiger partial charge in [0.05, 0.1) is 4.90 Å². The van der Waals surface area contributed by atoms with E-state index < -0.39 is 10.0 Å². The first kappa shape index (κ1) is 17.1. The molecule has 1 saturated carbocycles. The lowest BCUT2D eigenvalue weighted by atomic mass is 10.2. The number of nitrogens with one attached hydrogen (secondary N) is 1. The minimum absolute atomic E-state index is 0.0709. The minimum Gasteiger partial charge on any atom is -0.208 e. The van der Waals surface area contributed by atoms with E-state index in [9.17, 15) is 8.42 Å². The van der Waals surface area contributed by atoms with Gasteiger partial charge in [0, 0.05) is 17.2 Å². The molecule has 0 bridgehead atoms. The molecule has 1 aromatic carbocycles. The van der Waals surface area contributed by atoms with Crippen LogP contribution in [0, 0.1) is 0 Å². The molecule has 0 spiro atoms. The Morgan fingerprint density at radius 3 is 2.62 bits per heavy atom. The van der Waals surface area contributed by atoms with Crippen LogP contribution in [0.2, 0.25) is 0 Å². The summed E-state index contributed by atoms with van der Waals surface area (Å²) in [4.78, 5) is 0.340. The van der Waals surface area contributed by atoms with Gasteiger partial charge in [-0.15, -0.1) is 11.6 Å². The highest BCUT2D eigenvalue weighted by Gasteiger charge is 2.28. The molecule has 0 aliphatic heterocycles. The fraction of sp³-hybridized carbons (Fsp3) is 0.600. The van der Waals surface area contributed by atoms with E-state index in [-0.39, 0.29) is 6.04 Å². The van der Waals surface area contributed by atoms with Gasteiger partial charge in [0.1, 0.15) is 0 Å². The predicted molar refractivity (Wildman–Crippen MR) is 90.7 cm³/mol. The smallest absolute Gasteiger partial charge is 0.208 e. The molecule has 0 saturated heterocycles. The zero-order chi connectivity index (χ0) is 15.3. The van der Waals surface area contributed by atoms with Crippen LogP contribution in [0.15, 0.2) is 29.2 Å². The van der Waals surface area contributed by atoms with Crippen molar-refractivity contribution in [3.8, 4) is 0 Å². The van der Waals surface area contributed by atoms with E-state index in [0.29, 0.717) is 16.0 Å². The third-order valence-electron chi connectivity index (χ3n) is 3.73. The SMILES string of the molecule is CCSC1CCC(NS(=O)(=O)c2ccc(CCCl)cc2)C1. The van der Waals surface area contributed by atoms with E-state index in [1.807, 2.05) is 23.9 Å². The molecule has 0 radical (unpaired) electrons. The first-order chi connectivity index (χ1) is 10.0. The number of hydrogen-bond acceptors (Lipinski definition) is 3. The zero-order valence-corrected chi connectivity index (χ0v) is 14.6. The Balaban J connectivity index is 1.98. The number of halogens is 1. The molecule has 1 N–H and O–H groups in total. The molecule has 1 aromatic rings. The van der Waals surface area contributed by atoms with Crippen molar-refractivity contribution in [2.45, 2.75) is 48.8 Å². The molecule has 118 valence electrons. The van der Waals surface area contributed by atoms with Crippen molar-refractivity contribution in [1.29, 1.82) is 0 Å². The molecule has 1 fully saturated rings. The second-order valence-electron chi connectivity index (χ2n) is 5.29. The van der Waals surface area contributed by atoms with Gasteiger partial charge < -0.3 is 0 Å². The molecule has 6 heteroatoms. The van der Waals surface area contributed by atoms with E-state index >= 15 is 0 Å².